The van der Waals surface area contributed by atoms with Gasteiger partial charge in [0.15, 0.2) is 0 Å². The highest BCUT2D eigenvalue weighted by molar-refractivity contribution is 7.17. The van der Waals surface area contributed by atoms with Crippen LogP contribution in [-0.4, -0.2) is 42.6 Å². The Bertz CT molecular complexity index is 1210. The third-order valence-electron chi connectivity index (χ3n) is 5.38. The molecule has 1 N–H and O–H groups in total. The van der Waals surface area contributed by atoms with Gasteiger partial charge in [-0.1, -0.05) is 18.2 Å². The van der Waals surface area contributed by atoms with E-state index in [-0.39, 0.29) is 19.1 Å². The first-order valence-electron chi connectivity index (χ1n) is 11.4. The molecule has 0 atom stereocenters. The molecule has 1 aromatic heterocycles. The van der Waals surface area contributed by atoms with Gasteiger partial charge in [-0.3, -0.25) is 4.79 Å². The summed E-state index contributed by atoms with van der Waals surface area (Å²) in [5.41, 5.74) is 1.57. The Balaban J connectivity index is 1.53. The number of carbonyl (C=O) groups is 3. The third-order valence-corrected chi connectivity index (χ3v) is 6.52. The summed E-state index contributed by atoms with van der Waals surface area (Å²) in [5, 5.41) is 3.28. The topological polar surface area (TPSA) is 94.2 Å². The van der Waals surface area contributed by atoms with Gasteiger partial charge in [-0.2, -0.15) is 0 Å². The third kappa shape index (κ3) is 5.63. The van der Waals surface area contributed by atoms with E-state index in [1.54, 1.807) is 43.0 Å². The predicted molar refractivity (Wildman–Crippen MR) is 132 cm³/mol. The van der Waals surface area contributed by atoms with E-state index in [0.29, 0.717) is 47.1 Å². The number of benzene rings is 2. The monoisotopic (exact) mass is 494 g/mol. The molecule has 35 heavy (non-hydrogen) atoms. The summed E-state index contributed by atoms with van der Waals surface area (Å²) in [6, 6.07) is 16.1. The Morgan fingerprint density at radius 1 is 0.943 bits per heavy atom. The first-order chi connectivity index (χ1) is 17.0. The van der Waals surface area contributed by atoms with E-state index < -0.39 is 12.1 Å². The van der Waals surface area contributed by atoms with Gasteiger partial charge in [-0.25, -0.2) is 9.59 Å². The van der Waals surface area contributed by atoms with Crippen LogP contribution in [-0.2, 0) is 22.4 Å². The maximum Gasteiger partial charge on any atom is 0.410 e. The highest BCUT2D eigenvalue weighted by Crippen LogP contribution is 2.38. The SMILES string of the molecule is CCOC(=O)c1c(NC(=O)c2ccc(Oc3ccccc3)cc2)sc2c1CCN(C(=O)OCC)C2. The summed E-state index contributed by atoms with van der Waals surface area (Å²) in [7, 11) is 0. The number of nitrogens with zero attached hydrogens (tertiary/aromatic N) is 1. The van der Waals surface area contributed by atoms with Gasteiger partial charge in [0, 0.05) is 17.0 Å². The molecule has 2 amide bonds. The summed E-state index contributed by atoms with van der Waals surface area (Å²) >= 11 is 1.28. The molecule has 8 nitrogen and oxygen atoms in total. The molecule has 0 radical (unpaired) electrons. The molecule has 0 unspecified atom stereocenters. The summed E-state index contributed by atoms with van der Waals surface area (Å²) in [5.74, 6) is 0.453. The predicted octanol–water partition coefficient (Wildman–Crippen LogP) is 5.48. The van der Waals surface area contributed by atoms with Crippen molar-refractivity contribution in [2.75, 3.05) is 25.1 Å². The van der Waals surface area contributed by atoms with Crippen LogP contribution in [0.15, 0.2) is 54.6 Å². The van der Waals surface area contributed by atoms with E-state index in [9.17, 15) is 14.4 Å². The second-order valence-electron chi connectivity index (χ2n) is 7.69. The molecular weight excluding hydrogens is 468 g/mol. The number of anilines is 1. The summed E-state index contributed by atoms with van der Waals surface area (Å²) < 4.78 is 16.1. The quantitative estimate of drug-likeness (QED) is 0.437. The standard InChI is InChI=1S/C26H26N2O6S/c1-3-32-25(30)22-20-14-15-28(26(31)33-4-2)16-21(20)35-24(22)27-23(29)17-10-12-19(13-11-17)34-18-8-6-5-7-9-18/h5-13H,3-4,14-16H2,1-2H3,(H,27,29). The number of fused-ring (bicyclic) bond motifs is 1. The average Bonchev–Trinajstić information content (AvgIpc) is 3.22. The first-order valence-corrected chi connectivity index (χ1v) is 12.2. The average molecular weight is 495 g/mol. The maximum atomic E-state index is 13.0. The molecular formula is C26H26N2O6S. The second kappa shape index (κ2) is 11.1. The summed E-state index contributed by atoms with van der Waals surface area (Å²) in [4.78, 5) is 40.4. The van der Waals surface area contributed by atoms with Crippen LogP contribution in [0.3, 0.4) is 0 Å². The molecule has 4 rings (SSSR count). The number of para-hydroxylation sites is 1. The van der Waals surface area contributed by atoms with Gasteiger partial charge < -0.3 is 24.4 Å². The number of hydrogen-bond acceptors (Lipinski definition) is 7. The molecule has 0 aliphatic carbocycles. The molecule has 182 valence electrons. The first kappa shape index (κ1) is 24.3. The van der Waals surface area contributed by atoms with Crippen LogP contribution < -0.4 is 10.1 Å². The molecule has 0 bridgehead atoms. The van der Waals surface area contributed by atoms with Gasteiger partial charge in [0.2, 0.25) is 0 Å². The lowest BCUT2D eigenvalue weighted by molar-refractivity contribution is 0.0526. The van der Waals surface area contributed by atoms with Crippen molar-refractivity contribution in [1.29, 1.82) is 0 Å². The van der Waals surface area contributed by atoms with Crippen molar-refractivity contribution in [3.63, 3.8) is 0 Å². The molecule has 2 heterocycles. The zero-order chi connectivity index (χ0) is 24.8. The molecule has 9 heteroatoms. The largest absolute Gasteiger partial charge is 0.462 e. The molecule has 0 saturated carbocycles. The van der Waals surface area contributed by atoms with Crippen molar-refractivity contribution >= 4 is 34.3 Å². The smallest absolute Gasteiger partial charge is 0.410 e. The van der Waals surface area contributed by atoms with E-state index in [0.717, 1.165) is 10.4 Å². The Hall–Kier alpha value is -3.85. The van der Waals surface area contributed by atoms with Crippen LogP contribution in [0.2, 0.25) is 0 Å². The Labute approximate surface area is 207 Å². The number of ether oxygens (including phenoxy) is 3. The van der Waals surface area contributed by atoms with Gasteiger partial charge in [0.25, 0.3) is 5.91 Å². The lowest BCUT2D eigenvalue weighted by Gasteiger charge is -2.26. The van der Waals surface area contributed by atoms with Crippen molar-refractivity contribution in [1.82, 2.24) is 4.90 Å². The van der Waals surface area contributed by atoms with E-state index in [2.05, 4.69) is 5.32 Å². The molecule has 0 spiro atoms. The second-order valence-corrected chi connectivity index (χ2v) is 8.80. The fraction of sp³-hybridized carbons (Fsp3) is 0.269. The van der Waals surface area contributed by atoms with E-state index in [1.807, 2.05) is 30.3 Å². The van der Waals surface area contributed by atoms with Gasteiger partial charge in [-0.15, -0.1) is 11.3 Å². The van der Waals surface area contributed by atoms with Crippen molar-refractivity contribution in [3.05, 3.63) is 76.2 Å². The van der Waals surface area contributed by atoms with Crippen molar-refractivity contribution < 1.29 is 28.6 Å². The lowest BCUT2D eigenvalue weighted by atomic mass is 10.0. The summed E-state index contributed by atoms with van der Waals surface area (Å²) in [6.07, 6.45) is 0.0767. The molecule has 1 aliphatic rings. The van der Waals surface area contributed by atoms with Crippen LogP contribution in [0.25, 0.3) is 0 Å². The number of thiophene rings is 1. The molecule has 2 aromatic carbocycles. The zero-order valence-electron chi connectivity index (χ0n) is 19.5. The lowest BCUT2D eigenvalue weighted by Crippen LogP contribution is -2.36. The van der Waals surface area contributed by atoms with Crippen molar-refractivity contribution in [2.45, 2.75) is 26.8 Å². The van der Waals surface area contributed by atoms with Crippen LogP contribution >= 0.6 is 11.3 Å². The fourth-order valence-electron chi connectivity index (χ4n) is 3.76. The van der Waals surface area contributed by atoms with Crippen molar-refractivity contribution in [2.24, 2.45) is 0 Å². The Morgan fingerprint density at radius 2 is 1.63 bits per heavy atom. The fourth-order valence-corrected chi connectivity index (χ4v) is 5.00. The van der Waals surface area contributed by atoms with Crippen LogP contribution in [0.5, 0.6) is 11.5 Å². The van der Waals surface area contributed by atoms with Crippen LogP contribution in [0.1, 0.15) is 45.0 Å². The highest BCUT2D eigenvalue weighted by atomic mass is 32.1. The Morgan fingerprint density at radius 3 is 2.31 bits per heavy atom. The van der Waals surface area contributed by atoms with Crippen LogP contribution in [0, 0.1) is 0 Å². The molecule has 3 aromatic rings. The number of esters is 1. The number of carbonyl (C=O) groups excluding carboxylic acids is 3. The van der Waals surface area contributed by atoms with Crippen molar-refractivity contribution in [3.8, 4) is 11.5 Å². The molecule has 0 fully saturated rings. The minimum absolute atomic E-state index is 0.217. The summed E-state index contributed by atoms with van der Waals surface area (Å²) in [6.45, 7) is 4.73. The minimum atomic E-state index is -0.489. The van der Waals surface area contributed by atoms with E-state index in [1.165, 1.54) is 11.3 Å². The number of amides is 2. The van der Waals surface area contributed by atoms with E-state index in [4.69, 9.17) is 14.2 Å². The number of rotatable bonds is 7. The molecule has 0 saturated heterocycles. The minimum Gasteiger partial charge on any atom is -0.462 e. The highest BCUT2D eigenvalue weighted by Gasteiger charge is 2.31. The van der Waals surface area contributed by atoms with Gasteiger partial charge in [0.05, 0.1) is 25.3 Å². The van der Waals surface area contributed by atoms with Gasteiger partial charge in [-0.05, 0) is 62.2 Å². The van der Waals surface area contributed by atoms with E-state index >= 15 is 0 Å². The Kier molecular flexibility index (Phi) is 7.67. The van der Waals surface area contributed by atoms with Gasteiger partial charge in [0.1, 0.15) is 16.5 Å². The van der Waals surface area contributed by atoms with Gasteiger partial charge >= 0.3 is 12.1 Å². The number of hydrogen-bond donors (Lipinski definition) is 1. The maximum absolute atomic E-state index is 13.0. The normalized spacial score (nSPS) is 12.5. The molecule has 1 aliphatic heterocycles. The zero-order valence-corrected chi connectivity index (χ0v) is 20.4. The van der Waals surface area contributed by atoms with Crippen LogP contribution in [0.4, 0.5) is 9.80 Å². The number of nitrogens with one attached hydrogen (secondary N) is 1.